The summed E-state index contributed by atoms with van der Waals surface area (Å²) in [6.45, 7) is 2.77. The molecular weight excluding hydrogens is 427 g/mol. The number of rotatable bonds is 5. The van der Waals surface area contributed by atoms with Crippen molar-refractivity contribution < 1.29 is 18.0 Å². The number of amides is 1. The Morgan fingerprint density at radius 2 is 1.97 bits per heavy atom. The van der Waals surface area contributed by atoms with Gasteiger partial charge in [-0.1, -0.05) is 36.7 Å². The topological polar surface area (TPSA) is 70.2 Å². The first kappa shape index (κ1) is 22.0. The normalized spacial score (nSPS) is 19.3. The molecule has 0 bridgehead atoms. The zero-order valence-corrected chi connectivity index (χ0v) is 18.0. The number of halogens is 3. The van der Waals surface area contributed by atoms with Gasteiger partial charge < -0.3 is 15.5 Å². The molecule has 1 saturated carbocycles. The molecule has 3 heterocycles. The van der Waals surface area contributed by atoms with Gasteiger partial charge in [-0.05, 0) is 24.5 Å². The van der Waals surface area contributed by atoms with Crippen LogP contribution in [0.2, 0.25) is 0 Å². The molecule has 1 saturated heterocycles. The Balaban J connectivity index is 1.56. The van der Waals surface area contributed by atoms with E-state index in [0.717, 1.165) is 49.0 Å². The largest absolute Gasteiger partial charge is 0.435 e. The first-order valence-corrected chi connectivity index (χ1v) is 11.4. The molecule has 168 valence electrons. The SMILES string of the molecule is O=C(NCC1(c2cccnc2)CCCCC1)c1sc(N2CCNCC2)nc1C(F)(F)F. The van der Waals surface area contributed by atoms with Gasteiger partial charge in [0.2, 0.25) is 0 Å². The minimum Gasteiger partial charge on any atom is -0.350 e. The van der Waals surface area contributed by atoms with E-state index in [2.05, 4.69) is 20.6 Å². The summed E-state index contributed by atoms with van der Waals surface area (Å²) in [5.74, 6) is -0.708. The molecule has 10 heteroatoms. The van der Waals surface area contributed by atoms with Gasteiger partial charge in [-0.15, -0.1) is 0 Å². The van der Waals surface area contributed by atoms with Crippen LogP contribution in [-0.4, -0.2) is 48.6 Å². The first-order valence-electron chi connectivity index (χ1n) is 10.6. The van der Waals surface area contributed by atoms with Gasteiger partial charge >= 0.3 is 6.18 Å². The highest BCUT2D eigenvalue weighted by Crippen LogP contribution is 2.40. The second-order valence-corrected chi connectivity index (χ2v) is 9.15. The predicted octanol–water partition coefficient (Wildman–Crippen LogP) is 3.60. The van der Waals surface area contributed by atoms with Gasteiger partial charge in [0, 0.05) is 50.5 Å². The summed E-state index contributed by atoms with van der Waals surface area (Å²) in [6.07, 6.45) is 3.73. The van der Waals surface area contributed by atoms with Crippen molar-refractivity contribution in [1.82, 2.24) is 20.6 Å². The number of carbonyl (C=O) groups is 1. The lowest BCUT2D eigenvalue weighted by Crippen LogP contribution is -2.43. The molecule has 0 spiro atoms. The molecule has 2 N–H and O–H groups in total. The number of anilines is 1. The van der Waals surface area contributed by atoms with Crippen molar-refractivity contribution in [3.8, 4) is 0 Å². The maximum atomic E-state index is 13.6. The molecule has 0 atom stereocenters. The number of nitrogens with zero attached hydrogens (tertiary/aromatic N) is 3. The van der Waals surface area contributed by atoms with Gasteiger partial charge in [-0.25, -0.2) is 4.98 Å². The molecule has 0 radical (unpaired) electrons. The Morgan fingerprint density at radius 3 is 2.61 bits per heavy atom. The van der Waals surface area contributed by atoms with Crippen molar-refractivity contribution in [2.45, 2.75) is 43.7 Å². The van der Waals surface area contributed by atoms with Crippen LogP contribution in [-0.2, 0) is 11.6 Å². The number of thiazole rings is 1. The fourth-order valence-electron chi connectivity index (χ4n) is 4.45. The first-order chi connectivity index (χ1) is 14.9. The van der Waals surface area contributed by atoms with E-state index < -0.39 is 17.8 Å². The van der Waals surface area contributed by atoms with Crippen LogP contribution < -0.4 is 15.5 Å². The third kappa shape index (κ3) is 4.85. The molecule has 0 unspecified atom stereocenters. The number of hydrogen-bond acceptors (Lipinski definition) is 6. The number of alkyl halides is 3. The van der Waals surface area contributed by atoms with Gasteiger partial charge in [0.25, 0.3) is 5.91 Å². The van der Waals surface area contributed by atoms with E-state index in [9.17, 15) is 18.0 Å². The molecule has 2 fully saturated rings. The number of pyridine rings is 1. The Labute approximate surface area is 183 Å². The van der Waals surface area contributed by atoms with Gasteiger partial charge in [0.1, 0.15) is 4.88 Å². The maximum Gasteiger partial charge on any atom is 0.435 e. The average Bonchev–Trinajstić information content (AvgIpc) is 3.26. The van der Waals surface area contributed by atoms with Gasteiger partial charge in [-0.3, -0.25) is 9.78 Å². The fourth-order valence-corrected chi connectivity index (χ4v) is 5.50. The van der Waals surface area contributed by atoms with Crippen molar-refractivity contribution >= 4 is 22.4 Å². The standard InChI is InChI=1S/C21H26F3N5OS/c22-21(23,24)17-16(31-19(28-17)29-11-9-25-10-12-29)18(30)27-14-20(6-2-1-3-7-20)15-5-4-8-26-13-15/h4-5,8,13,25H,1-3,6-7,9-12,14H2,(H,27,30). The molecule has 1 amide bonds. The minimum absolute atomic E-state index is 0.249. The number of hydrogen-bond donors (Lipinski definition) is 2. The number of aromatic nitrogens is 2. The van der Waals surface area contributed by atoms with Crippen molar-refractivity contribution in [3.05, 3.63) is 40.7 Å². The van der Waals surface area contributed by atoms with E-state index in [1.807, 2.05) is 12.1 Å². The monoisotopic (exact) mass is 453 g/mol. The number of carbonyl (C=O) groups excluding carboxylic acids is 1. The van der Waals surface area contributed by atoms with Crippen LogP contribution in [0.15, 0.2) is 24.5 Å². The van der Waals surface area contributed by atoms with Crippen molar-refractivity contribution in [2.24, 2.45) is 0 Å². The highest BCUT2D eigenvalue weighted by atomic mass is 32.1. The lowest BCUT2D eigenvalue weighted by molar-refractivity contribution is -0.141. The lowest BCUT2D eigenvalue weighted by Gasteiger charge is -2.37. The molecule has 1 aliphatic carbocycles. The summed E-state index contributed by atoms with van der Waals surface area (Å²) < 4.78 is 40.9. The molecule has 6 nitrogen and oxygen atoms in total. The van der Waals surface area contributed by atoms with E-state index in [0.29, 0.717) is 26.2 Å². The van der Waals surface area contributed by atoms with Crippen LogP contribution in [0.1, 0.15) is 53.0 Å². The second kappa shape index (κ2) is 9.12. The summed E-state index contributed by atoms with van der Waals surface area (Å²) in [7, 11) is 0. The highest BCUT2D eigenvalue weighted by molar-refractivity contribution is 7.17. The van der Waals surface area contributed by atoms with Crippen LogP contribution >= 0.6 is 11.3 Å². The Morgan fingerprint density at radius 1 is 1.23 bits per heavy atom. The van der Waals surface area contributed by atoms with Crippen molar-refractivity contribution in [2.75, 3.05) is 37.6 Å². The van der Waals surface area contributed by atoms with Crippen molar-refractivity contribution in [3.63, 3.8) is 0 Å². The molecule has 0 aromatic carbocycles. The van der Waals surface area contributed by atoms with E-state index >= 15 is 0 Å². The van der Waals surface area contributed by atoms with Gasteiger partial charge in [0.05, 0.1) is 0 Å². The zero-order valence-electron chi connectivity index (χ0n) is 17.2. The van der Waals surface area contributed by atoms with Crippen LogP contribution in [0.5, 0.6) is 0 Å². The van der Waals surface area contributed by atoms with Crippen molar-refractivity contribution in [1.29, 1.82) is 0 Å². The van der Waals surface area contributed by atoms with E-state index in [-0.39, 0.29) is 22.0 Å². The van der Waals surface area contributed by atoms with Crippen LogP contribution in [0.4, 0.5) is 18.3 Å². The highest BCUT2D eigenvalue weighted by Gasteiger charge is 2.41. The zero-order chi connectivity index (χ0) is 21.9. The third-order valence-corrected chi connectivity index (χ3v) is 7.26. The molecular formula is C21H26F3N5OS. The fraction of sp³-hybridized carbons (Fsp3) is 0.571. The van der Waals surface area contributed by atoms with E-state index in [1.165, 1.54) is 0 Å². The molecule has 2 aromatic rings. The number of nitrogens with one attached hydrogen (secondary N) is 2. The predicted molar refractivity (Wildman–Crippen MR) is 114 cm³/mol. The summed E-state index contributed by atoms with van der Waals surface area (Å²) in [5.41, 5.74) is -0.369. The molecule has 2 aromatic heterocycles. The maximum absolute atomic E-state index is 13.6. The Bertz CT molecular complexity index is 890. The minimum atomic E-state index is -4.68. The Kier molecular flexibility index (Phi) is 6.47. The summed E-state index contributed by atoms with van der Waals surface area (Å²) >= 11 is 0.825. The van der Waals surface area contributed by atoms with E-state index in [1.54, 1.807) is 17.3 Å². The van der Waals surface area contributed by atoms with Crippen LogP contribution in [0, 0.1) is 0 Å². The number of piperazine rings is 1. The van der Waals surface area contributed by atoms with Gasteiger partial charge in [0.15, 0.2) is 10.8 Å². The molecule has 1 aliphatic heterocycles. The average molecular weight is 454 g/mol. The lowest BCUT2D eigenvalue weighted by atomic mass is 9.70. The molecule has 31 heavy (non-hydrogen) atoms. The second-order valence-electron chi connectivity index (χ2n) is 8.17. The quantitative estimate of drug-likeness (QED) is 0.724. The van der Waals surface area contributed by atoms with Gasteiger partial charge in [-0.2, -0.15) is 13.2 Å². The van der Waals surface area contributed by atoms with Crippen LogP contribution in [0.3, 0.4) is 0 Å². The summed E-state index contributed by atoms with van der Waals surface area (Å²) in [5, 5.41) is 6.22. The summed E-state index contributed by atoms with van der Waals surface area (Å²) in [6, 6.07) is 3.85. The third-order valence-electron chi connectivity index (χ3n) is 6.15. The smallest absolute Gasteiger partial charge is 0.350 e. The van der Waals surface area contributed by atoms with Crippen LogP contribution in [0.25, 0.3) is 0 Å². The summed E-state index contributed by atoms with van der Waals surface area (Å²) in [4.78, 5) is 22.4. The molecule has 4 rings (SSSR count). The van der Waals surface area contributed by atoms with E-state index in [4.69, 9.17) is 0 Å². The molecule has 2 aliphatic rings. The Hall–Kier alpha value is -2.20.